The first kappa shape index (κ1) is 21.0. The summed E-state index contributed by atoms with van der Waals surface area (Å²) in [6, 6.07) is 5.45. The van der Waals surface area contributed by atoms with Gasteiger partial charge in [0.2, 0.25) is 0 Å². The van der Waals surface area contributed by atoms with Crippen LogP contribution in [0.4, 0.5) is 0 Å². The van der Waals surface area contributed by atoms with Crippen LogP contribution in [0.2, 0.25) is 0 Å². The van der Waals surface area contributed by atoms with Crippen LogP contribution in [0.15, 0.2) is 27.4 Å². The Morgan fingerprint density at radius 1 is 1.12 bits per heavy atom. The molecule has 3 aromatic rings. The highest BCUT2D eigenvalue weighted by Crippen LogP contribution is 2.29. The average Bonchev–Trinajstić information content (AvgIpc) is 3.37. The molecule has 0 saturated carbocycles. The number of hydrogen-bond donors (Lipinski definition) is 1. The molecule has 5 rings (SSSR count). The molecule has 5 heterocycles. The van der Waals surface area contributed by atoms with Gasteiger partial charge in [0.1, 0.15) is 5.76 Å². The Morgan fingerprint density at radius 2 is 1.88 bits per heavy atom. The monoisotopic (exact) mass is 439 g/mol. The molecule has 170 valence electrons. The molecule has 2 aliphatic heterocycles. The SMILES string of the molecule is Cc1cc(=O)n2[nH]c(C3CCN(C(=O)c4oc(CN5CCOCC5)cc4C)CC3)cc2n1. The number of nitrogens with one attached hydrogen (secondary N) is 1. The van der Waals surface area contributed by atoms with Crippen LogP contribution in [-0.2, 0) is 11.3 Å². The minimum absolute atomic E-state index is 0.0423. The first-order valence-electron chi connectivity index (χ1n) is 11.3. The summed E-state index contributed by atoms with van der Waals surface area (Å²) in [5.41, 5.74) is 3.13. The van der Waals surface area contributed by atoms with Crippen molar-refractivity contribution in [2.75, 3.05) is 39.4 Å². The Morgan fingerprint density at radius 3 is 2.62 bits per heavy atom. The zero-order valence-corrected chi connectivity index (χ0v) is 18.6. The molecular weight excluding hydrogens is 410 g/mol. The van der Waals surface area contributed by atoms with E-state index in [1.807, 2.05) is 30.9 Å². The number of hydrogen-bond acceptors (Lipinski definition) is 6. The lowest BCUT2D eigenvalue weighted by Gasteiger charge is -2.31. The van der Waals surface area contributed by atoms with Crippen LogP contribution in [0.1, 0.15) is 52.0 Å². The van der Waals surface area contributed by atoms with Gasteiger partial charge in [-0.05, 0) is 32.8 Å². The number of rotatable bonds is 4. The minimum atomic E-state index is -0.104. The molecule has 0 aliphatic carbocycles. The smallest absolute Gasteiger partial charge is 0.289 e. The fraction of sp³-hybridized carbons (Fsp3) is 0.522. The highest BCUT2D eigenvalue weighted by molar-refractivity contribution is 5.93. The van der Waals surface area contributed by atoms with Crippen molar-refractivity contribution in [1.29, 1.82) is 0 Å². The number of amides is 1. The number of aromatic nitrogens is 3. The molecule has 9 nitrogen and oxygen atoms in total. The van der Waals surface area contributed by atoms with Gasteiger partial charge in [0.25, 0.3) is 11.5 Å². The Hall–Kier alpha value is -2.91. The molecule has 0 radical (unpaired) electrons. The molecule has 32 heavy (non-hydrogen) atoms. The minimum Gasteiger partial charge on any atom is -0.454 e. The fourth-order valence-electron chi connectivity index (χ4n) is 4.69. The topological polar surface area (TPSA) is 96.1 Å². The Bertz CT molecular complexity index is 1180. The summed E-state index contributed by atoms with van der Waals surface area (Å²) in [5.74, 6) is 1.49. The van der Waals surface area contributed by atoms with Crippen LogP contribution in [0, 0.1) is 13.8 Å². The zero-order valence-electron chi connectivity index (χ0n) is 18.6. The molecule has 2 saturated heterocycles. The number of aromatic amines is 1. The molecule has 0 atom stereocenters. The van der Waals surface area contributed by atoms with E-state index in [0.29, 0.717) is 36.7 Å². The molecule has 0 aromatic carbocycles. The normalized spacial score (nSPS) is 18.5. The van der Waals surface area contributed by atoms with Gasteiger partial charge in [0, 0.05) is 61.2 Å². The van der Waals surface area contributed by atoms with Crippen molar-refractivity contribution >= 4 is 11.6 Å². The van der Waals surface area contributed by atoms with E-state index in [1.165, 1.54) is 10.6 Å². The highest BCUT2D eigenvalue weighted by atomic mass is 16.5. The maximum atomic E-state index is 13.1. The van der Waals surface area contributed by atoms with Gasteiger partial charge in [-0.3, -0.25) is 19.6 Å². The van der Waals surface area contributed by atoms with Crippen molar-refractivity contribution in [1.82, 2.24) is 24.4 Å². The van der Waals surface area contributed by atoms with Crippen LogP contribution in [-0.4, -0.2) is 69.7 Å². The predicted octanol–water partition coefficient (Wildman–Crippen LogP) is 2.08. The molecule has 2 aliphatic rings. The molecule has 1 N–H and O–H groups in total. The van der Waals surface area contributed by atoms with Crippen molar-refractivity contribution in [3.8, 4) is 0 Å². The van der Waals surface area contributed by atoms with E-state index >= 15 is 0 Å². The van der Waals surface area contributed by atoms with Crippen molar-refractivity contribution in [3.05, 3.63) is 57.0 Å². The fourth-order valence-corrected chi connectivity index (χ4v) is 4.69. The number of carbonyl (C=O) groups excluding carboxylic acids is 1. The Labute approximate surface area is 185 Å². The number of fused-ring (bicyclic) bond motifs is 1. The maximum absolute atomic E-state index is 13.1. The van der Waals surface area contributed by atoms with Crippen molar-refractivity contribution in [2.45, 2.75) is 39.2 Å². The lowest BCUT2D eigenvalue weighted by atomic mass is 9.93. The van der Waals surface area contributed by atoms with Crippen molar-refractivity contribution < 1.29 is 13.9 Å². The van der Waals surface area contributed by atoms with E-state index in [0.717, 1.165) is 56.2 Å². The molecule has 3 aromatic heterocycles. The second-order valence-corrected chi connectivity index (χ2v) is 8.82. The van der Waals surface area contributed by atoms with Gasteiger partial charge in [-0.1, -0.05) is 0 Å². The summed E-state index contributed by atoms with van der Waals surface area (Å²) in [6.07, 6.45) is 1.65. The van der Waals surface area contributed by atoms with E-state index in [2.05, 4.69) is 15.0 Å². The lowest BCUT2D eigenvalue weighted by molar-refractivity contribution is 0.0309. The largest absolute Gasteiger partial charge is 0.454 e. The third-order valence-corrected chi connectivity index (χ3v) is 6.47. The van der Waals surface area contributed by atoms with Gasteiger partial charge in [0.05, 0.1) is 19.8 Å². The third-order valence-electron chi connectivity index (χ3n) is 6.47. The zero-order chi connectivity index (χ0) is 22.2. The van der Waals surface area contributed by atoms with Crippen LogP contribution in [0.5, 0.6) is 0 Å². The number of morpholine rings is 1. The number of piperidine rings is 1. The molecule has 0 spiro atoms. The number of aryl methyl sites for hydroxylation is 2. The predicted molar refractivity (Wildman–Crippen MR) is 118 cm³/mol. The molecule has 0 bridgehead atoms. The Kier molecular flexibility index (Phi) is 5.60. The molecule has 1 amide bonds. The molecule has 2 fully saturated rings. The standard InChI is InChI=1S/C23H29N5O4/c1-15-11-18(14-26-7-9-31-10-8-26)32-22(15)23(30)27-5-3-17(4-6-27)19-13-20-24-16(2)12-21(29)28(20)25-19/h11-13,17,25H,3-10,14H2,1-2H3. The third kappa shape index (κ3) is 4.10. The maximum Gasteiger partial charge on any atom is 0.289 e. The number of likely N-dealkylation sites (tertiary alicyclic amines) is 1. The number of nitrogens with zero attached hydrogens (tertiary/aromatic N) is 4. The summed E-state index contributed by atoms with van der Waals surface area (Å²) in [5, 5.41) is 3.19. The summed E-state index contributed by atoms with van der Waals surface area (Å²) < 4.78 is 12.9. The number of ether oxygens (including phenoxy) is 1. The van der Waals surface area contributed by atoms with Gasteiger partial charge in [-0.15, -0.1) is 0 Å². The number of furan rings is 1. The molecule has 0 unspecified atom stereocenters. The van der Waals surface area contributed by atoms with E-state index in [-0.39, 0.29) is 17.4 Å². The first-order chi connectivity index (χ1) is 15.5. The van der Waals surface area contributed by atoms with E-state index in [4.69, 9.17) is 9.15 Å². The first-order valence-corrected chi connectivity index (χ1v) is 11.3. The summed E-state index contributed by atoms with van der Waals surface area (Å²) >= 11 is 0. The van der Waals surface area contributed by atoms with Crippen LogP contribution in [0.3, 0.4) is 0 Å². The Balaban J connectivity index is 1.24. The average molecular weight is 440 g/mol. The van der Waals surface area contributed by atoms with E-state index < -0.39 is 0 Å². The van der Waals surface area contributed by atoms with Gasteiger partial charge in [0.15, 0.2) is 11.4 Å². The lowest BCUT2D eigenvalue weighted by Crippen LogP contribution is -2.38. The van der Waals surface area contributed by atoms with Crippen LogP contribution in [0.25, 0.3) is 5.65 Å². The van der Waals surface area contributed by atoms with E-state index in [9.17, 15) is 9.59 Å². The molecule has 9 heteroatoms. The van der Waals surface area contributed by atoms with Gasteiger partial charge >= 0.3 is 0 Å². The quantitative estimate of drug-likeness (QED) is 0.669. The van der Waals surface area contributed by atoms with Crippen molar-refractivity contribution in [2.24, 2.45) is 0 Å². The number of carbonyl (C=O) groups is 1. The highest BCUT2D eigenvalue weighted by Gasteiger charge is 2.29. The van der Waals surface area contributed by atoms with Crippen molar-refractivity contribution in [3.63, 3.8) is 0 Å². The van der Waals surface area contributed by atoms with Crippen LogP contribution >= 0.6 is 0 Å². The second kappa shape index (κ2) is 8.55. The van der Waals surface area contributed by atoms with Crippen LogP contribution < -0.4 is 5.56 Å². The van der Waals surface area contributed by atoms with Gasteiger partial charge in [-0.25, -0.2) is 9.50 Å². The summed E-state index contributed by atoms with van der Waals surface area (Å²) in [7, 11) is 0. The summed E-state index contributed by atoms with van der Waals surface area (Å²) in [6.45, 7) is 9.00. The summed E-state index contributed by atoms with van der Waals surface area (Å²) in [4.78, 5) is 33.9. The molecular formula is C23H29N5O4. The van der Waals surface area contributed by atoms with Gasteiger partial charge in [-0.2, -0.15) is 0 Å². The van der Waals surface area contributed by atoms with Gasteiger partial charge < -0.3 is 14.1 Å². The number of H-pyrrole nitrogens is 1. The second-order valence-electron chi connectivity index (χ2n) is 8.82. The van der Waals surface area contributed by atoms with E-state index in [1.54, 1.807) is 0 Å².